The summed E-state index contributed by atoms with van der Waals surface area (Å²) in [5.41, 5.74) is -1.70. The Bertz CT molecular complexity index is 1710. The van der Waals surface area contributed by atoms with E-state index >= 15 is 0 Å². The molecule has 1 amide bonds. The lowest BCUT2D eigenvalue weighted by Gasteiger charge is -2.25. The summed E-state index contributed by atoms with van der Waals surface area (Å²) in [4.78, 5) is 36.9. The van der Waals surface area contributed by atoms with Gasteiger partial charge in [0.25, 0.3) is 5.56 Å². The molecule has 39 heavy (non-hydrogen) atoms. The van der Waals surface area contributed by atoms with Crippen LogP contribution in [0.1, 0.15) is 18.1 Å². The fourth-order valence-corrected chi connectivity index (χ4v) is 3.75. The first-order chi connectivity index (χ1) is 18.2. The maximum absolute atomic E-state index is 13.6. The summed E-state index contributed by atoms with van der Waals surface area (Å²) in [5.74, 6) is 0.221. The van der Waals surface area contributed by atoms with Crippen LogP contribution in [0.4, 0.5) is 30.6 Å². The van der Waals surface area contributed by atoms with Crippen molar-refractivity contribution in [1.82, 2.24) is 24.1 Å². The summed E-state index contributed by atoms with van der Waals surface area (Å²) in [7, 11) is 6.35. The molecular weight excluding hydrogens is 514 g/mol. The number of aryl methyl sites for hydroxylation is 1. The molecule has 0 aliphatic rings. The molecule has 11 nitrogen and oxygen atoms in total. The highest BCUT2D eigenvalue weighted by molar-refractivity contribution is 6.56. The number of rotatable bonds is 6. The van der Waals surface area contributed by atoms with E-state index in [1.807, 2.05) is 6.07 Å². The molecule has 0 spiro atoms. The molecule has 0 aliphatic carbocycles. The van der Waals surface area contributed by atoms with Crippen LogP contribution in [0.25, 0.3) is 11.2 Å². The van der Waals surface area contributed by atoms with Crippen LogP contribution in [0.3, 0.4) is 0 Å². The summed E-state index contributed by atoms with van der Waals surface area (Å²) in [5, 5.41) is 14.2. The molecule has 4 heterocycles. The number of nitrogens with one attached hydrogen (secondary N) is 2. The van der Waals surface area contributed by atoms with Gasteiger partial charge in [-0.05, 0) is 17.4 Å². The third-order valence-corrected chi connectivity index (χ3v) is 5.55. The van der Waals surface area contributed by atoms with Crippen LogP contribution in [0.5, 0.6) is 11.5 Å². The molecule has 0 saturated carbocycles. The average Bonchev–Trinajstić information content (AvgIpc) is 3.14. The zero-order valence-electron chi connectivity index (χ0n) is 21.5. The van der Waals surface area contributed by atoms with E-state index in [1.54, 1.807) is 23.5 Å². The van der Waals surface area contributed by atoms with Crippen LogP contribution >= 0.6 is 0 Å². The summed E-state index contributed by atoms with van der Waals surface area (Å²) < 4.78 is 49.1. The molecule has 0 radical (unpaired) electrons. The lowest BCUT2D eigenvalue weighted by Crippen LogP contribution is -2.43. The number of nitrogens with zero attached hydrogens (tertiary/aromatic N) is 6. The average molecular weight is 534 g/mol. The number of halogens is 3. The number of amides is 1. The number of anilines is 3. The van der Waals surface area contributed by atoms with Crippen molar-refractivity contribution in [3.63, 3.8) is 0 Å². The first-order valence-electron chi connectivity index (χ1n) is 11.5. The van der Waals surface area contributed by atoms with E-state index in [2.05, 4.69) is 25.6 Å². The van der Waals surface area contributed by atoms with Gasteiger partial charge in [0.15, 0.2) is 11.4 Å². The number of pyridine rings is 3. The maximum Gasteiger partial charge on any atom is 0.417 e. The van der Waals surface area contributed by atoms with Crippen molar-refractivity contribution in [1.29, 1.82) is 5.26 Å². The van der Waals surface area contributed by atoms with Gasteiger partial charge in [0.2, 0.25) is 11.9 Å². The molecule has 196 valence electrons. The van der Waals surface area contributed by atoms with Gasteiger partial charge < -0.3 is 24.5 Å². The smallest absolute Gasteiger partial charge is 0.417 e. The Hall–Kier alpha value is -4.74. The second-order valence-corrected chi connectivity index (χ2v) is 9.55. The maximum atomic E-state index is 13.6. The minimum atomic E-state index is -4.70. The van der Waals surface area contributed by atoms with Crippen molar-refractivity contribution >= 4 is 58.1 Å². The summed E-state index contributed by atoms with van der Waals surface area (Å²) >= 11 is 0. The molecule has 4 rings (SSSR count). The van der Waals surface area contributed by atoms with Crippen molar-refractivity contribution in [3.8, 4) is 17.6 Å². The number of alkyl halides is 3. The molecule has 2 N–H and O–H groups in total. The van der Waals surface area contributed by atoms with E-state index in [0.29, 0.717) is 6.07 Å². The Balaban J connectivity index is 1.78. The van der Waals surface area contributed by atoms with Gasteiger partial charge in [0.05, 0.1) is 11.8 Å². The SMILES string of the molecule is BC(B)(B)n1cc(C(F)(F)F)cc(Nc2nc3ncc(Oc4ccnc(NC(C)=O)c4)c(C#N)c3n2C)c1=O. The second kappa shape index (κ2) is 9.86. The molecule has 4 aromatic rings. The van der Waals surface area contributed by atoms with E-state index in [9.17, 15) is 28.0 Å². The normalized spacial score (nSPS) is 11.7. The van der Waals surface area contributed by atoms with Crippen LogP contribution in [0.15, 0.2) is 41.6 Å². The zero-order valence-corrected chi connectivity index (χ0v) is 21.5. The number of imidazole rings is 1. The van der Waals surface area contributed by atoms with Crippen LogP contribution < -0.4 is 20.9 Å². The minimum absolute atomic E-state index is 0.0140. The van der Waals surface area contributed by atoms with Crippen molar-refractivity contribution in [3.05, 3.63) is 58.3 Å². The van der Waals surface area contributed by atoms with Crippen molar-refractivity contribution in [2.24, 2.45) is 7.05 Å². The first-order valence-corrected chi connectivity index (χ1v) is 11.5. The van der Waals surface area contributed by atoms with Crippen LogP contribution in [0, 0.1) is 11.3 Å². The van der Waals surface area contributed by atoms with Gasteiger partial charge >= 0.3 is 6.18 Å². The highest BCUT2D eigenvalue weighted by Crippen LogP contribution is 2.33. The fourth-order valence-electron chi connectivity index (χ4n) is 3.75. The molecule has 0 fully saturated rings. The Morgan fingerprint density at radius 2 is 1.92 bits per heavy atom. The molecule has 0 atom stereocenters. The highest BCUT2D eigenvalue weighted by atomic mass is 19.4. The molecule has 0 unspecified atom stereocenters. The predicted octanol–water partition coefficient (Wildman–Crippen LogP) is 0.377. The van der Waals surface area contributed by atoms with Crippen molar-refractivity contribution in [2.75, 3.05) is 10.6 Å². The number of fused-ring (bicyclic) bond motifs is 1. The van der Waals surface area contributed by atoms with E-state index in [1.165, 1.54) is 43.1 Å². The number of carbonyl (C=O) groups excluding carboxylic acids is 1. The Morgan fingerprint density at radius 3 is 2.54 bits per heavy atom. The molecule has 0 aliphatic heterocycles. The second-order valence-electron chi connectivity index (χ2n) is 9.55. The summed E-state index contributed by atoms with van der Waals surface area (Å²) in [6, 6.07) is 5.72. The van der Waals surface area contributed by atoms with Crippen LogP contribution in [-0.4, -0.2) is 53.5 Å². The van der Waals surface area contributed by atoms with Gasteiger partial charge in [0.1, 0.15) is 57.9 Å². The zero-order chi connectivity index (χ0) is 28.7. The number of carbonyl (C=O) groups is 1. The Kier molecular flexibility index (Phi) is 6.90. The van der Waals surface area contributed by atoms with Crippen LogP contribution in [0.2, 0.25) is 0 Å². The standard InChI is InChI=1S/C22H20B3F3N8O3/c1-10(37)32-16-6-12(3-4-30-16)39-15-8-31-18-17(13(15)7-29)35(2)20(34-18)33-14-5-11(21(26,27)28)9-36(19(14)38)22(23,24)25/h3-6,8-9H,23-25H2,1-2H3,(H,30,32,37)(H,31,33,34). The minimum Gasteiger partial charge on any atom is -0.454 e. The summed E-state index contributed by atoms with van der Waals surface area (Å²) in [6.07, 6.45) is -1.24. The van der Waals surface area contributed by atoms with Gasteiger partial charge in [-0.25, -0.2) is 9.97 Å². The Morgan fingerprint density at radius 1 is 1.21 bits per heavy atom. The first kappa shape index (κ1) is 27.3. The fraction of sp³-hybridized carbons (Fsp3) is 0.182. The topological polar surface area (TPSA) is 140 Å². The summed E-state index contributed by atoms with van der Waals surface area (Å²) in [6.45, 7) is 1.33. The molecule has 0 saturated heterocycles. The van der Waals surface area contributed by atoms with Gasteiger partial charge in [-0.15, -0.1) is 0 Å². The van der Waals surface area contributed by atoms with Gasteiger partial charge in [-0.3, -0.25) is 9.59 Å². The molecule has 4 aromatic heterocycles. The number of ether oxygens (including phenoxy) is 1. The molecular formula is C22H20B3F3N8O3. The van der Waals surface area contributed by atoms with Crippen LogP contribution in [-0.2, 0) is 23.3 Å². The predicted molar refractivity (Wildman–Crippen MR) is 144 cm³/mol. The monoisotopic (exact) mass is 534 g/mol. The van der Waals surface area contributed by atoms with Gasteiger partial charge in [-0.1, -0.05) is 0 Å². The number of nitriles is 1. The van der Waals surface area contributed by atoms with E-state index < -0.39 is 22.5 Å². The third-order valence-electron chi connectivity index (χ3n) is 5.55. The Labute approximate surface area is 222 Å². The number of aromatic nitrogens is 5. The highest BCUT2D eigenvalue weighted by Gasteiger charge is 2.33. The lowest BCUT2D eigenvalue weighted by molar-refractivity contribution is -0.138. The largest absolute Gasteiger partial charge is 0.454 e. The number of hydrogen-bond donors (Lipinski definition) is 2. The molecule has 0 bridgehead atoms. The molecule has 0 aromatic carbocycles. The quantitative estimate of drug-likeness (QED) is 0.339. The van der Waals surface area contributed by atoms with Crippen molar-refractivity contribution < 1.29 is 22.7 Å². The van der Waals surface area contributed by atoms with Gasteiger partial charge in [-0.2, -0.15) is 23.4 Å². The van der Waals surface area contributed by atoms with Gasteiger partial charge in [0, 0.05) is 32.4 Å². The van der Waals surface area contributed by atoms with E-state index in [0.717, 1.165) is 10.8 Å². The number of hydrogen-bond acceptors (Lipinski definition) is 8. The van der Waals surface area contributed by atoms with E-state index in [4.69, 9.17) is 4.74 Å². The third kappa shape index (κ3) is 5.59. The van der Waals surface area contributed by atoms with E-state index in [-0.39, 0.29) is 51.6 Å². The lowest BCUT2D eigenvalue weighted by atomic mass is 9.49. The molecule has 17 heteroatoms. The van der Waals surface area contributed by atoms with Crippen molar-refractivity contribution in [2.45, 2.75) is 18.3 Å².